The second-order valence-electron chi connectivity index (χ2n) is 5.77. The van der Waals surface area contributed by atoms with Gasteiger partial charge in [-0.05, 0) is 42.7 Å². The zero-order valence-corrected chi connectivity index (χ0v) is 13.0. The van der Waals surface area contributed by atoms with Crippen molar-refractivity contribution in [3.8, 4) is 5.69 Å². The van der Waals surface area contributed by atoms with Crippen LogP contribution in [0.5, 0.6) is 0 Å². The summed E-state index contributed by atoms with van der Waals surface area (Å²) >= 11 is 0. The molecular weight excluding hydrogens is 292 g/mol. The Morgan fingerprint density at radius 3 is 2.78 bits per heavy atom. The number of hydrogen-bond donors (Lipinski definition) is 3. The molecule has 6 nitrogen and oxygen atoms in total. The fourth-order valence-electron chi connectivity index (χ4n) is 2.73. The first kappa shape index (κ1) is 15.1. The molecule has 23 heavy (non-hydrogen) atoms. The van der Waals surface area contributed by atoms with Gasteiger partial charge in [0.2, 0.25) is 5.91 Å². The van der Waals surface area contributed by atoms with Crippen LogP contribution in [-0.4, -0.2) is 29.1 Å². The second-order valence-corrected chi connectivity index (χ2v) is 5.77. The van der Waals surface area contributed by atoms with Crippen LogP contribution in [0.15, 0.2) is 48.8 Å². The number of carbonyl (C=O) groups is 2. The standard InChI is InChI=1S/C17H20N4O2/c1-12-7-8-18-16(22)15(12)20-17(23)19-13-5-4-6-14(11-13)21-9-2-3-10-21/h2-6,9-12,15H,7-8H2,1H3,(H,18,22)(H2,19,20,23)/t12-,15-/m1/s1. The molecule has 0 aliphatic carbocycles. The van der Waals surface area contributed by atoms with Gasteiger partial charge in [-0.2, -0.15) is 0 Å². The molecule has 2 heterocycles. The van der Waals surface area contributed by atoms with E-state index in [0.717, 1.165) is 12.1 Å². The lowest BCUT2D eigenvalue weighted by atomic mass is 9.94. The van der Waals surface area contributed by atoms with Gasteiger partial charge in [0.25, 0.3) is 0 Å². The van der Waals surface area contributed by atoms with Crippen LogP contribution in [0.25, 0.3) is 5.69 Å². The van der Waals surface area contributed by atoms with Crippen molar-refractivity contribution in [2.24, 2.45) is 5.92 Å². The van der Waals surface area contributed by atoms with E-state index in [1.165, 1.54) is 0 Å². The lowest BCUT2D eigenvalue weighted by molar-refractivity contribution is -0.125. The Bertz CT molecular complexity index is 696. The van der Waals surface area contributed by atoms with Gasteiger partial charge in [-0.25, -0.2) is 4.79 Å². The molecule has 0 unspecified atom stereocenters. The number of nitrogens with one attached hydrogen (secondary N) is 3. The van der Waals surface area contributed by atoms with Crippen LogP contribution in [0.1, 0.15) is 13.3 Å². The summed E-state index contributed by atoms with van der Waals surface area (Å²) in [6, 6.07) is 10.5. The summed E-state index contributed by atoms with van der Waals surface area (Å²) < 4.78 is 1.96. The maximum Gasteiger partial charge on any atom is 0.319 e. The Hall–Kier alpha value is -2.76. The van der Waals surface area contributed by atoms with E-state index in [1.54, 1.807) is 0 Å². The van der Waals surface area contributed by atoms with Crippen molar-refractivity contribution in [3.05, 3.63) is 48.8 Å². The summed E-state index contributed by atoms with van der Waals surface area (Å²) in [5.74, 6) is 0.000649. The average molecular weight is 312 g/mol. The van der Waals surface area contributed by atoms with Crippen LogP contribution in [0.4, 0.5) is 10.5 Å². The first-order valence-electron chi connectivity index (χ1n) is 7.72. The monoisotopic (exact) mass is 312 g/mol. The fourth-order valence-corrected chi connectivity index (χ4v) is 2.73. The molecule has 1 aliphatic heterocycles. The number of aromatic nitrogens is 1. The third kappa shape index (κ3) is 3.53. The highest BCUT2D eigenvalue weighted by molar-refractivity contribution is 5.94. The largest absolute Gasteiger partial charge is 0.354 e. The molecule has 0 saturated carbocycles. The number of amides is 3. The van der Waals surface area contributed by atoms with Gasteiger partial charge >= 0.3 is 6.03 Å². The van der Waals surface area contributed by atoms with Gasteiger partial charge < -0.3 is 20.5 Å². The van der Waals surface area contributed by atoms with Crippen LogP contribution >= 0.6 is 0 Å². The number of carbonyl (C=O) groups excluding carboxylic acids is 2. The van der Waals surface area contributed by atoms with Gasteiger partial charge in [0.1, 0.15) is 6.04 Å². The topological polar surface area (TPSA) is 75.2 Å². The molecule has 1 aromatic heterocycles. The highest BCUT2D eigenvalue weighted by Gasteiger charge is 2.30. The predicted octanol–water partition coefficient (Wildman–Crippen LogP) is 2.12. The number of benzene rings is 1. The number of anilines is 1. The third-order valence-electron chi connectivity index (χ3n) is 4.04. The van der Waals surface area contributed by atoms with Gasteiger partial charge in [-0.3, -0.25) is 4.79 Å². The summed E-state index contributed by atoms with van der Waals surface area (Å²) in [6.45, 7) is 2.63. The zero-order chi connectivity index (χ0) is 16.2. The Labute approximate surface area is 134 Å². The average Bonchev–Trinajstić information content (AvgIpc) is 3.06. The minimum Gasteiger partial charge on any atom is -0.354 e. The van der Waals surface area contributed by atoms with E-state index < -0.39 is 6.04 Å². The van der Waals surface area contributed by atoms with E-state index in [9.17, 15) is 9.59 Å². The molecule has 1 saturated heterocycles. The van der Waals surface area contributed by atoms with Crippen LogP contribution in [0, 0.1) is 5.92 Å². The van der Waals surface area contributed by atoms with E-state index >= 15 is 0 Å². The SMILES string of the molecule is C[C@@H]1CCNC(=O)[C@@H]1NC(=O)Nc1cccc(-n2cccc2)c1. The molecule has 3 N–H and O–H groups in total. The van der Waals surface area contributed by atoms with Gasteiger partial charge in [-0.1, -0.05) is 13.0 Å². The smallest absolute Gasteiger partial charge is 0.319 e. The molecule has 3 amide bonds. The van der Waals surface area contributed by atoms with Crippen molar-refractivity contribution in [3.63, 3.8) is 0 Å². The van der Waals surface area contributed by atoms with E-state index in [-0.39, 0.29) is 17.9 Å². The Balaban J connectivity index is 1.66. The number of urea groups is 1. The second kappa shape index (κ2) is 6.56. The highest BCUT2D eigenvalue weighted by atomic mass is 16.2. The number of hydrogen-bond acceptors (Lipinski definition) is 2. The maximum atomic E-state index is 12.2. The molecule has 1 aliphatic rings. The molecule has 2 aromatic rings. The van der Waals surface area contributed by atoms with Crippen molar-refractivity contribution in [2.45, 2.75) is 19.4 Å². The van der Waals surface area contributed by atoms with Crippen molar-refractivity contribution in [1.29, 1.82) is 0 Å². The van der Waals surface area contributed by atoms with Crippen LogP contribution in [0.2, 0.25) is 0 Å². The maximum absolute atomic E-state index is 12.2. The minimum absolute atomic E-state index is 0.125. The summed E-state index contributed by atoms with van der Waals surface area (Å²) in [7, 11) is 0. The molecule has 1 aromatic carbocycles. The van der Waals surface area contributed by atoms with Gasteiger partial charge in [0.15, 0.2) is 0 Å². The molecule has 1 fully saturated rings. The van der Waals surface area contributed by atoms with Crippen molar-refractivity contribution >= 4 is 17.6 Å². The lowest BCUT2D eigenvalue weighted by Gasteiger charge is -2.28. The molecular formula is C17H20N4O2. The summed E-state index contributed by atoms with van der Waals surface area (Å²) in [4.78, 5) is 24.0. The minimum atomic E-state index is -0.489. The van der Waals surface area contributed by atoms with Gasteiger partial charge in [0, 0.05) is 30.3 Å². The molecule has 0 radical (unpaired) electrons. The molecule has 3 rings (SSSR count). The lowest BCUT2D eigenvalue weighted by Crippen LogP contribution is -2.55. The Morgan fingerprint density at radius 1 is 1.26 bits per heavy atom. The Morgan fingerprint density at radius 2 is 2.04 bits per heavy atom. The summed E-state index contributed by atoms with van der Waals surface area (Å²) in [5, 5.41) is 8.32. The number of piperidine rings is 1. The normalized spacial score (nSPS) is 20.7. The predicted molar refractivity (Wildman–Crippen MR) is 88.5 cm³/mol. The van der Waals surface area contributed by atoms with Gasteiger partial charge in [-0.15, -0.1) is 0 Å². The van der Waals surface area contributed by atoms with Crippen LogP contribution in [-0.2, 0) is 4.79 Å². The fraction of sp³-hybridized carbons (Fsp3) is 0.294. The quantitative estimate of drug-likeness (QED) is 0.812. The van der Waals surface area contributed by atoms with E-state index in [2.05, 4.69) is 16.0 Å². The summed E-state index contributed by atoms with van der Waals surface area (Å²) in [6.07, 6.45) is 4.74. The Kier molecular flexibility index (Phi) is 4.32. The molecule has 120 valence electrons. The van der Waals surface area contributed by atoms with Crippen molar-refractivity contribution in [1.82, 2.24) is 15.2 Å². The molecule has 0 bridgehead atoms. The third-order valence-corrected chi connectivity index (χ3v) is 4.04. The summed E-state index contributed by atoms with van der Waals surface area (Å²) in [5.41, 5.74) is 1.63. The zero-order valence-electron chi connectivity index (χ0n) is 13.0. The van der Waals surface area contributed by atoms with Crippen LogP contribution in [0.3, 0.4) is 0 Å². The van der Waals surface area contributed by atoms with Gasteiger partial charge in [0.05, 0.1) is 0 Å². The first-order chi connectivity index (χ1) is 11.1. The first-order valence-corrected chi connectivity index (χ1v) is 7.72. The van der Waals surface area contributed by atoms with E-state index in [1.807, 2.05) is 60.3 Å². The number of rotatable bonds is 3. The van der Waals surface area contributed by atoms with Crippen molar-refractivity contribution < 1.29 is 9.59 Å². The van der Waals surface area contributed by atoms with E-state index in [0.29, 0.717) is 12.2 Å². The van der Waals surface area contributed by atoms with Crippen molar-refractivity contribution in [2.75, 3.05) is 11.9 Å². The number of nitrogens with zero attached hydrogens (tertiary/aromatic N) is 1. The molecule has 6 heteroatoms. The van der Waals surface area contributed by atoms with E-state index in [4.69, 9.17) is 0 Å². The highest BCUT2D eigenvalue weighted by Crippen LogP contribution is 2.16. The van der Waals surface area contributed by atoms with Crippen LogP contribution < -0.4 is 16.0 Å². The molecule has 0 spiro atoms. The molecule has 2 atom stereocenters.